The average molecular weight is 491 g/mol. The Morgan fingerprint density at radius 2 is 1.76 bits per heavy atom. The summed E-state index contributed by atoms with van der Waals surface area (Å²) in [6.07, 6.45) is 10.3. The number of nitrogens with zero attached hydrogens (tertiary/aromatic N) is 4. The van der Waals surface area contributed by atoms with Crippen molar-refractivity contribution in [1.29, 1.82) is 0 Å². The number of rotatable bonds is 5. The molecule has 2 fully saturated rings. The molecule has 2 aromatic heterocycles. The molecule has 4 aromatic rings. The first kappa shape index (κ1) is 22.3. The smallest absolute Gasteiger partial charge is 0.192 e. The summed E-state index contributed by atoms with van der Waals surface area (Å²) in [4.78, 5) is 14.1. The van der Waals surface area contributed by atoms with Gasteiger partial charge in [0.2, 0.25) is 0 Å². The van der Waals surface area contributed by atoms with Crippen molar-refractivity contribution in [1.82, 2.24) is 14.9 Å². The summed E-state index contributed by atoms with van der Waals surface area (Å²) in [7, 11) is 1.71. The number of benzene rings is 2. The number of pyridine rings is 2. The number of hydrogen-bond acceptors (Lipinski definition) is 6. The van der Waals surface area contributed by atoms with E-state index in [2.05, 4.69) is 68.3 Å². The molecule has 3 aliphatic rings. The van der Waals surface area contributed by atoms with Crippen LogP contribution in [0.4, 0.5) is 11.4 Å². The van der Waals surface area contributed by atoms with Crippen LogP contribution in [0.15, 0.2) is 85.3 Å². The molecule has 0 N–H and O–H groups in total. The number of fused-ring (bicyclic) bond motifs is 4. The first-order valence-corrected chi connectivity index (χ1v) is 13.1. The van der Waals surface area contributed by atoms with Crippen LogP contribution in [0.2, 0.25) is 0 Å². The van der Waals surface area contributed by atoms with Gasteiger partial charge in [-0.25, -0.2) is 0 Å². The number of ether oxygens (including phenoxy) is 2. The van der Waals surface area contributed by atoms with E-state index in [1.807, 2.05) is 30.6 Å². The minimum Gasteiger partial charge on any atom is -0.493 e. The Hall–Kier alpha value is -3.90. The Bertz CT molecular complexity index is 1400. The van der Waals surface area contributed by atoms with E-state index in [1.165, 1.54) is 12.8 Å². The minimum atomic E-state index is 0.384. The summed E-state index contributed by atoms with van der Waals surface area (Å²) in [5.41, 5.74) is 5.54. The van der Waals surface area contributed by atoms with E-state index in [9.17, 15) is 0 Å². The third-order valence-electron chi connectivity index (χ3n) is 8.16. The number of anilines is 2. The number of aromatic nitrogens is 2. The molecular formula is C31H30N4O2. The van der Waals surface area contributed by atoms with Gasteiger partial charge in [-0.15, -0.1) is 0 Å². The molecule has 186 valence electrons. The summed E-state index contributed by atoms with van der Waals surface area (Å²) in [6, 6.07) is 24.5. The van der Waals surface area contributed by atoms with Crippen LogP contribution in [-0.2, 0) is 6.54 Å². The monoisotopic (exact) mass is 490 g/mol. The van der Waals surface area contributed by atoms with Gasteiger partial charge in [0.25, 0.3) is 0 Å². The van der Waals surface area contributed by atoms with Gasteiger partial charge in [-0.3, -0.25) is 14.9 Å². The van der Waals surface area contributed by atoms with E-state index in [0.717, 1.165) is 64.8 Å². The van der Waals surface area contributed by atoms with Crippen LogP contribution >= 0.6 is 0 Å². The zero-order valence-corrected chi connectivity index (χ0v) is 21.0. The molecular weight excluding hydrogens is 460 g/mol. The van der Waals surface area contributed by atoms with E-state index >= 15 is 0 Å². The van der Waals surface area contributed by atoms with Gasteiger partial charge in [0.05, 0.1) is 24.2 Å². The topological polar surface area (TPSA) is 50.7 Å². The average Bonchev–Trinajstić information content (AvgIpc) is 3.17. The van der Waals surface area contributed by atoms with Crippen molar-refractivity contribution in [3.63, 3.8) is 0 Å². The molecule has 2 bridgehead atoms. The summed E-state index contributed by atoms with van der Waals surface area (Å²) in [5, 5.41) is 0. The van der Waals surface area contributed by atoms with Crippen molar-refractivity contribution in [3.05, 3.63) is 91.0 Å². The Balaban J connectivity index is 1.25. The zero-order chi connectivity index (χ0) is 24.8. The van der Waals surface area contributed by atoms with Gasteiger partial charge in [0.15, 0.2) is 17.2 Å². The third kappa shape index (κ3) is 3.92. The van der Waals surface area contributed by atoms with Crippen molar-refractivity contribution < 1.29 is 9.47 Å². The normalized spacial score (nSPS) is 22.2. The highest BCUT2D eigenvalue weighted by atomic mass is 16.5. The van der Waals surface area contributed by atoms with Gasteiger partial charge in [0.1, 0.15) is 0 Å². The van der Waals surface area contributed by atoms with Gasteiger partial charge in [-0.05, 0) is 73.7 Å². The second-order valence-electron chi connectivity index (χ2n) is 10.2. The summed E-state index contributed by atoms with van der Waals surface area (Å²) < 4.78 is 12.3. The predicted molar refractivity (Wildman–Crippen MR) is 144 cm³/mol. The van der Waals surface area contributed by atoms with E-state index < -0.39 is 0 Å². The number of methoxy groups -OCH3 is 1. The van der Waals surface area contributed by atoms with E-state index in [4.69, 9.17) is 9.47 Å². The van der Waals surface area contributed by atoms with Crippen molar-refractivity contribution in [3.8, 4) is 28.4 Å². The number of para-hydroxylation sites is 1. The maximum Gasteiger partial charge on any atom is 0.192 e. The fraction of sp³-hybridized carbons (Fsp3) is 0.290. The highest BCUT2D eigenvalue weighted by Crippen LogP contribution is 2.54. The Morgan fingerprint density at radius 1 is 0.865 bits per heavy atom. The van der Waals surface area contributed by atoms with Gasteiger partial charge in [-0.2, -0.15) is 0 Å². The highest BCUT2D eigenvalue weighted by molar-refractivity contribution is 5.83. The Labute approximate surface area is 217 Å². The quantitative estimate of drug-likeness (QED) is 0.315. The maximum atomic E-state index is 6.55. The van der Waals surface area contributed by atoms with Crippen LogP contribution in [0.3, 0.4) is 0 Å². The molecule has 2 atom stereocenters. The Kier molecular flexibility index (Phi) is 5.55. The number of hydrogen-bond donors (Lipinski definition) is 0. The van der Waals surface area contributed by atoms with Crippen molar-refractivity contribution >= 4 is 11.4 Å². The summed E-state index contributed by atoms with van der Waals surface area (Å²) in [6.45, 7) is 0.932. The van der Waals surface area contributed by atoms with Crippen LogP contribution in [-0.4, -0.2) is 40.1 Å². The minimum absolute atomic E-state index is 0.384. The molecule has 6 nitrogen and oxygen atoms in total. The third-order valence-corrected chi connectivity index (χ3v) is 8.16. The van der Waals surface area contributed by atoms with E-state index in [1.54, 1.807) is 13.3 Å². The molecule has 7 rings (SSSR count). The highest BCUT2D eigenvalue weighted by Gasteiger charge is 2.44. The lowest BCUT2D eigenvalue weighted by Crippen LogP contribution is -2.49. The van der Waals surface area contributed by atoms with Crippen LogP contribution in [0.5, 0.6) is 17.2 Å². The lowest BCUT2D eigenvalue weighted by molar-refractivity contribution is 0.118. The summed E-state index contributed by atoms with van der Waals surface area (Å²) in [5.74, 6) is 2.42. The second kappa shape index (κ2) is 9.20. The maximum absolute atomic E-state index is 6.55. The standard InChI is InChI=1S/C31H30N4O2/c1-36-29-9-4-8-28-31(29)37-30-16-21(22-6-5-14-32-19-22)10-13-27(30)35(28)26-17-24-11-12-25(18-26)34(24)20-23-7-2-3-15-33-23/h2-10,13-16,19,24-26H,11-12,17-18,20H2,1H3. The van der Waals surface area contributed by atoms with Gasteiger partial charge in [0, 0.05) is 48.8 Å². The molecule has 0 amide bonds. The zero-order valence-electron chi connectivity index (χ0n) is 21.0. The van der Waals surface area contributed by atoms with Gasteiger partial charge < -0.3 is 14.4 Å². The molecule has 2 saturated heterocycles. The fourth-order valence-corrected chi connectivity index (χ4v) is 6.49. The molecule has 6 heteroatoms. The van der Waals surface area contributed by atoms with Crippen LogP contribution < -0.4 is 14.4 Å². The van der Waals surface area contributed by atoms with Crippen LogP contribution in [0.1, 0.15) is 31.4 Å². The predicted octanol–water partition coefficient (Wildman–Crippen LogP) is 6.59. The molecule has 0 saturated carbocycles. The summed E-state index contributed by atoms with van der Waals surface area (Å²) >= 11 is 0. The largest absolute Gasteiger partial charge is 0.493 e. The molecule has 3 aliphatic heterocycles. The number of piperidine rings is 1. The lowest BCUT2D eigenvalue weighted by Gasteiger charge is -2.46. The first-order valence-electron chi connectivity index (χ1n) is 13.1. The fourth-order valence-electron chi connectivity index (χ4n) is 6.49. The van der Waals surface area contributed by atoms with E-state index in [0.29, 0.717) is 18.1 Å². The first-order chi connectivity index (χ1) is 18.3. The van der Waals surface area contributed by atoms with Gasteiger partial charge in [-0.1, -0.05) is 24.3 Å². The van der Waals surface area contributed by atoms with Gasteiger partial charge >= 0.3 is 0 Å². The lowest BCUT2D eigenvalue weighted by atomic mass is 9.93. The molecule has 37 heavy (non-hydrogen) atoms. The molecule has 0 spiro atoms. The molecule has 5 heterocycles. The van der Waals surface area contributed by atoms with Crippen LogP contribution in [0, 0.1) is 0 Å². The van der Waals surface area contributed by atoms with Crippen LogP contribution in [0.25, 0.3) is 11.1 Å². The second-order valence-corrected chi connectivity index (χ2v) is 10.2. The van der Waals surface area contributed by atoms with Crippen molar-refractivity contribution in [2.24, 2.45) is 0 Å². The molecule has 0 aliphatic carbocycles. The van der Waals surface area contributed by atoms with Crippen molar-refractivity contribution in [2.75, 3.05) is 12.0 Å². The van der Waals surface area contributed by atoms with E-state index in [-0.39, 0.29) is 0 Å². The molecule has 0 radical (unpaired) electrons. The SMILES string of the molecule is COc1cccc2c1Oc1cc(-c3cccnc3)ccc1N2C1CC2CCC(C1)N2Cc1ccccn1. The van der Waals surface area contributed by atoms with Crippen molar-refractivity contribution in [2.45, 2.75) is 50.4 Å². The Morgan fingerprint density at radius 3 is 2.51 bits per heavy atom. The molecule has 2 unspecified atom stereocenters. The molecule has 2 aromatic carbocycles.